The number of hydrogen-bond donors (Lipinski definition) is 2. The molecule has 0 saturated carbocycles. The zero-order valence-corrected chi connectivity index (χ0v) is 18.5. The second-order valence-corrected chi connectivity index (χ2v) is 8.05. The van der Waals surface area contributed by atoms with E-state index in [2.05, 4.69) is 81.1 Å². The van der Waals surface area contributed by atoms with Gasteiger partial charge >= 0.3 is 0 Å². The Labute approximate surface area is 185 Å². The van der Waals surface area contributed by atoms with Crippen LogP contribution in [0.25, 0.3) is 0 Å². The molecule has 1 aliphatic rings. The summed E-state index contributed by atoms with van der Waals surface area (Å²) in [6.07, 6.45) is 6.38. The molecule has 6 heteroatoms. The summed E-state index contributed by atoms with van der Waals surface area (Å²) in [6.45, 7) is 5.97. The molecule has 31 heavy (non-hydrogen) atoms. The van der Waals surface area contributed by atoms with Crippen molar-refractivity contribution >= 4 is 11.6 Å². The number of nitrogens with one attached hydrogen (secondary N) is 2. The van der Waals surface area contributed by atoms with Gasteiger partial charge in [0.05, 0.1) is 12.6 Å². The summed E-state index contributed by atoms with van der Waals surface area (Å²) < 4.78 is 1.95. The second kappa shape index (κ2) is 10.2. The monoisotopic (exact) mass is 416 g/mol. The molecular formula is C25H32N6. The van der Waals surface area contributed by atoms with Gasteiger partial charge < -0.3 is 15.5 Å². The van der Waals surface area contributed by atoms with Crippen LogP contribution in [-0.4, -0.2) is 35.9 Å². The molecular weight excluding hydrogens is 384 g/mol. The first-order valence-corrected chi connectivity index (χ1v) is 11.1. The van der Waals surface area contributed by atoms with Gasteiger partial charge in [0.15, 0.2) is 5.96 Å². The molecule has 0 amide bonds. The van der Waals surface area contributed by atoms with Crippen LogP contribution < -0.4 is 15.5 Å². The van der Waals surface area contributed by atoms with Crippen molar-refractivity contribution < 1.29 is 0 Å². The maximum absolute atomic E-state index is 4.44. The molecule has 2 N–H and O–H groups in total. The lowest BCUT2D eigenvalue weighted by atomic mass is 10.1. The van der Waals surface area contributed by atoms with Crippen molar-refractivity contribution in [3.05, 3.63) is 83.7 Å². The zero-order chi connectivity index (χ0) is 21.5. The van der Waals surface area contributed by atoms with Gasteiger partial charge in [0.25, 0.3) is 0 Å². The highest BCUT2D eigenvalue weighted by atomic mass is 15.3. The number of benzene rings is 2. The summed E-state index contributed by atoms with van der Waals surface area (Å²) in [6, 6.07) is 19.4. The fraction of sp³-hybridized carbons (Fsp3) is 0.360. The Bertz CT molecular complexity index is 989. The smallest absolute Gasteiger partial charge is 0.191 e. The first-order chi connectivity index (χ1) is 15.2. The Morgan fingerprint density at radius 3 is 2.61 bits per heavy atom. The number of rotatable bonds is 7. The van der Waals surface area contributed by atoms with Crippen LogP contribution in [0.1, 0.15) is 42.5 Å². The molecule has 3 aromatic rings. The first kappa shape index (κ1) is 21.0. The average molecular weight is 417 g/mol. The summed E-state index contributed by atoms with van der Waals surface area (Å²) in [4.78, 5) is 6.91. The fourth-order valence-corrected chi connectivity index (χ4v) is 4.08. The molecule has 1 atom stereocenters. The first-order valence-electron chi connectivity index (χ1n) is 11.1. The van der Waals surface area contributed by atoms with E-state index >= 15 is 0 Å². The molecule has 0 spiro atoms. The van der Waals surface area contributed by atoms with Gasteiger partial charge in [-0.25, -0.2) is 0 Å². The van der Waals surface area contributed by atoms with Gasteiger partial charge in [-0.3, -0.25) is 9.67 Å². The van der Waals surface area contributed by atoms with Crippen molar-refractivity contribution in [2.24, 2.45) is 4.99 Å². The molecule has 1 saturated heterocycles. The number of anilines is 1. The number of hydrogen-bond acceptors (Lipinski definition) is 3. The van der Waals surface area contributed by atoms with Gasteiger partial charge in [0.2, 0.25) is 0 Å². The average Bonchev–Trinajstić information content (AvgIpc) is 3.52. The zero-order valence-electron chi connectivity index (χ0n) is 18.5. The van der Waals surface area contributed by atoms with E-state index in [-0.39, 0.29) is 6.04 Å². The van der Waals surface area contributed by atoms with Gasteiger partial charge in [0, 0.05) is 44.8 Å². The minimum Gasteiger partial charge on any atom is -0.372 e. The van der Waals surface area contributed by atoms with Gasteiger partial charge in [-0.05, 0) is 54.7 Å². The normalized spacial score (nSPS) is 15.2. The number of aliphatic imine (C=N–C) groups is 1. The van der Waals surface area contributed by atoms with Gasteiger partial charge in [-0.1, -0.05) is 36.4 Å². The molecule has 1 aromatic heterocycles. The highest BCUT2D eigenvalue weighted by molar-refractivity contribution is 5.80. The van der Waals surface area contributed by atoms with E-state index in [0.717, 1.165) is 25.6 Å². The van der Waals surface area contributed by atoms with E-state index in [1.807, 2.05) is 30.2 Å². The summed E-state index contributed by atoms with van der Waals surface area (Å²) in [5.41, 5.74) is 5.08. The predicted molar refractivity (Wildman–Crippen MR) is 127 cm³/mol. The van der Waals surface area contributed by atoms with Crippen LogP contribution in [0.3, 0.4) is 0 Å². The van der Waals surface area contributed by atoms with Crippen molar-refractivity contribution in [3.8, 4) is 0 Å². The topological polar surface area (TPSA) is 57.5 Å². The van der Waals surface area contributed by atoms with E-state index in [1.54, 1.807) is 0 Å². The van der Waals surface area contributed by atoms with E-state index in [1.165, 1.54) is 35.2 Å². The van der Waals surface area contributed by atoms with Gasteiger partial charge in [-0.15, -0.1) is 0 Å². The molecule has 0 bridgehead atoms. The van der Waals surface area contributed by atoms with Crippen LogP contribution in [0.2, 0.25) is 0 Å². The maximum Gasteiger partial charge on any atom is 0.191 e. The Hall–Kier alpha value is -3.28. The summed E-state index contributed by atoms with van der Waals surface area (Å²) in [5, 5.41) is 11.3. The lowest BCUT2D eigenvalue weighted by molar-refractivity contribution is 0.669. The van der Waals surface area contributed by atoms with Crippen LogP contribution in [0.4, 0.5) is 5.69 Å². The second-order valence-electron chi connectivity index (χ2n) is 8.05. The Morgan fingerprint density at radius 2 is 1.87 bits per heavy atom. The Kier molecular flexibility index (Phi) is 6.87. The molecule has 4 rings (SSSR count). The molecule has 6 nitrogen and oxygen atoms in total. The molecule has 1 aliphatic heterocycles. The van der Waals surface area contributed by atoms with Gasteiger partial charge in [0.1, 0.15) is 0 Å². The van der Waals surface area contributed by atoms with E-state index in [0.29, 0.717) is 6.54 Å². The van der Waals surface area contributed by atoms with Crippen molar-refractivity contribution in [3.63, 3.8) is 0 Å². The lowest BCUT2D eigenvalue weighted by Gasteiger charge is -2.22. The van der Waals surface area contributed by atoms with Crippen LogP contribution in [0.5, 0.6) is 0 Å². The summed E-state index contributed by atoms with van der Waals surface area (Å²) in [7, 11) is 1.82. The molecule has 0 radical (unpaired) electrons. The fourth-order valence-electron chi connectivity index (χ4n) is 4.08. The van der Waals surface area contributed by atoms with Crippen molar-refractivity contribution in [2.75, 3.05) is 25.0 Å². The number of nitrogens with zero attached hydrogens (tertiary/aromatic N) is 4. The third-order valence-corrected chi connectivity index (χ3v) is 5.87. The van der Waals surface area contributed by atoms with Crippen molar-refractivity contribution in [1.29, 1.82) is 0 Å². The van der Waals surface area contributed by atoms with Crippen LogP contribution in [-0.2, 0) is 13.1 Å². The largest absolute Gasteiger partial charge is 0.372 e. The SMILES string of the molecule is CN=C(NCc1ccccc1Cn1cccn1)NC(C)c1cccc(N2CCCC2)c1. The molecule has 0 aliphatic carbocycles. The quantitative estimate of drug-likeness (QED) is 0.452. The Balaban J connectivity index is 1.38. The standard InChI is InChI=1S/C25H32N6/c1-20(21-11-7-12-24(17-21)30-14-5-6-15-30)29-25(26-2)27-18-22-9-3-4-10-23(22)19-31-16-8-13-28-31/h3-4,7-13,16-17,20H,5-6,14-15,18-19H2,1-2H3,(H2,26,27,29). The summed E-state index contributed by atoms with van der Waals surface area (Å²) >= 11 is 0. The third-order valence-electron chi connectivity index (χ3n) is 5.87. The van der Waals surface area contributed by atoms with Crippen LogP contribution in [0, 0.1) is 0 Å². The predicted octanol–water partition coefficient (Wildman–Crippen LogP) is 3.96. The molecule has 2 heterocycles. The molecule has 2 aromatic carbocycles. The summed E-state index contributed by atoms with van der Waals surface area (Å²) in [5.74, 6) is 0.799. The Morgan fingerprint density at radius 1 is 1.06 bits per heavy atom. The lowest BCUT2D eigenvalue weighted by Crippen LogP contribution is -2.38. The van der Waals surface area contributed by atoms with E-state index in [9.17, 15) is 0 Å². The van der Waals surface area contributed by atoms with Gasteiger partial charge in [-0.2, -0.15) is 5.10 Å². The van der Waals surface area contributed by atoms with Crippen molar-refractivity contribution in [1.82, 2.24) is 20.4 Å². The maximum atomic E-state index is 4.44. The van der Waals surface area contributed by atoms with Crippen LogP contribution in [0.15, 0.2) is 72.0 Å². The molecule has 162 valence electrons. The van der Waals surface area contributed by atoms with Crippen LogP contribution >= 0.6 is 0 Å². The van der Waals surface area contributed by atoms with E-state index in [4.69, 9.17) is 0 Å². The molecule has 1 fully saturated rings. The number of aromatic nitrogens is 2. The highest BCUT2D eigenvalue weighted by Crippen LogP contribution is 2.24. The van der Waals surface area contributed by atoms with Crippen molar-refractivity contribution in [2.45, 2.75) is 38.9 Å². The minimum absolute atomic E-state index is 0.160. The molecule has 1 unspecified atom stereocenters. The third kappa shape index (κ3) is 5.45. The highest BCUT2D eigenvalue weighted by Gasteiger charge is 2.14. The number of guanidine groups is 1. The minimum atomic E-state index is 0.160. The van der Waals surface area contributed by atoms with E-state index < -0.39 is 0 Å².